The van der Waals surface area contributed by atoms with Crippen LogP contribution in [-0.2, 0) is 10.2 Å². The first-order valence-corrected chi connectivity index (χ1v) is 11.6. The predicted molar refractivity (Wildman–Crippen MR) is 121 cm³/mol. The smallest absolute Gasteiger partial charge is 0.300 e. The minimum Gasteiger partial charge on any atom is -0.460 e. The Balaban J connectivity index is 1.57. The second-order valence-corrected chi connectivity index (χ2v) is 8.99. The Morgan fingerprint density at radius 2 is 2.15 bits per heavy atom. The van der Waals surface area contributed by atoms with Gasteiger partial charge in [0.2, 0.25) is 6.29 Å². The topological polar surface area (TPSA) is 133 Å². The molecule has 3 aliphatic heterocycles. The molecule has 5 N–H and O–H groups in total. The summed E-state index contributed by atoms with van der Waals surface area (Å²) < 4.78 is 54.0. The molecule has 0 aromatic heterocycles. The second kappa shape index (κ2) is 9.25. The Morgan fingerprint density at radius 3 is 2.88 bits per heavy atom. The molecule has 1 unspecified atom stereocenters. The van der Waals surface area contributed by atoms with Crippen LogP contribution in [-0.4, -0.2) is 46.0 Å². The number of nitrogens with zero attached hydrogens (tertiary/aromatic N) is 1. The number of aliphatic hydroxyl groups is 1. The van der Waals surface area contributed by atoms with Crippen LogP contribution in [0.1, 0.15) is 18.9 Å². The monoisotopic (exact) mass is 477 g/mol. The van der Waals surface area contributed by atoms with Crippen LogP contribution in [0.5, 0.6) is 11.5 Å². The molecule has 33 heavy (non-hydrogen) atoms. The van der Waals surface area contributed by atoms with Gasteiger partial charge in [-0.3, -0.25) is 4.72 Å². The van der Waals surface area contributed by atoms with Gasteiger partial charge < -0.3 is 25.2 Å². The molecule has 0 amide bonds. The lowest BCUT2D eigenvalue weighted by atomic mass is 9.92. The summed E-state index contributed by atoms with van der Waals surface area (Å²) in [6.45, 7) is 2.64. The van der Waals surface area contributed by atoms with Crippen LogP contribution in [0.2, 0.25) is 0 Å². The lowest BCUT2D eigenvalue weighted by Crippen LogP contribution is -2.40. The number of fused-ring (bicyclic) bond motifs is 1. The van der Waals surface area contributed by atoms with Gasteiger partial charge in [-0.2, -0.15) is 8.42 Å². The molecule has 0 bridgehead atoms. The molecule has 0 saturated heterocycles. The van der Waals surface area contributed by atoms with E-state index >= 15 is 0 Å². The van der Waals surface area contributed by atoms with Crippen molar-refractivity contribution < 1.29 is 27.4 Å². The van der Waals surface area contributed by atoms with E-state index in [9.17, 15) is 17.9 Å². The van der Waals surface area contributed by atoms with Crippen molar-refractivity contribution in [1.82, 2.24) is 20.1 Å². The Labute approximate surface area is 190 Å². The van der Waals surface area contributed by atoms with E-state index in [1.165, 1.54) is 7.05 Å². The molecular formula is C21H24FN5O5S. The third kappa shape index (κ3) is 5.02. The average Bonchev–Trinajstić information content (AvgIpc) is 2.79. The molecule has 1 aromatic carbocycles. The van der Waals surface area contributed by atoms with Crippen LogP contribution in [0.4, 0.5) is 4.39 Å². The van der Waals surface area contributed by atoms with E-state index in [1.807, 2.05) is 13.0 Å². The van der Waals surface area contributed by atoms with Gasteiger partial charge in [0.25, 0.3) is 16.2 Å². The lowest BCUT2D eigenvalue weighted by molar-refractivity contribution is 0.0103. The van der Waals surface area contributed by atoms with Crippen molar-refractivity contribution >= 4 is 21.8 Å². The van der Waals surface area contributed by atoms with E-state index in [4.69, 9.17) is 9.47 Å². The van der Waals surface area contributed by atoms with Gasteiger partial charge in [-0.1, -0.05) is 6.08 Å². The molecule has 176 valence electrons. The Bertz CT molecular complexity index is 1220. The van der Waals surface area contributed by atoms with Gasteiger partial charge in [0.05, 0.1) is 0 Å². The molecule has 4 rings (SSSR count). The van der Waals surface area contributed by atoms with Gasteiger partial charge in [0.15, 0.2) is 11.6 Å². The van der Waals surface area contributed by atoms with Gasteiger partial charge in [-0.15, -0.1) is 0 Å². The number of nitrogens with one attached hydrogen (secondary N) is 4. The lowest BCUT2D eigenvalue weighted by Gasteiger charge is -2.28. The number of rotatable bonds is 6. The zero-order chi connectivity index (χ0) is 23.6. The summed E-state index contributed by atoms with van der Waals surface area (Å²) in [5, 5.41) is 16.3. The van der Waals surface area contributed by atoms with Crippen LogP contribution in [0.3, 0.4) is 0 Å². The van der Waals surface area contributed by atoms with Crippen molar-refractivity contribution in [3.8, 4) is 11.5 Å². The number of ether oxygens (including phenoxy) is 2. The molecule has 10 nitrogen and oxygen atoms in total. The first kappa shape index (κ1) is 22.8. The summed E-state index contributed by atoms with van der Waals surface area (Å²) in [5.74, 6) is -0.110. The van der Waals surface area contributed by atoms with Crippen molar-refractivity contribution in [2.45, 2.75) is 19.6 Å². The zero-order valence-electron chi connectivity index (χ0n) is 18.0. The summed E-state index contributed by atoms with van der Waals surface area (Å²) >= 11 is 0. The van der Waals surface area contributed by atoms with Crippen molar-refractivity contribution in [1.29, 1.82) is 0 Å². The SMILES string of the molecule is CNS(=O)(=O)NC1=C(F)C(CC2=C(C)c3ccc(OC4=NC=CCN4)cc3OC2O)=CCN1. The van der Waals surface area contributed by atoms with E-state index in [0.717, 1.165) is 11.1 Å². The van der Waals surface area contributed by atoms with Gasteiger partial charge >= 0.3 is 0 Å². The van der Waals surface area contributed by atoms with E-state index in [2.05, 4.69) is 25.1 Å². The van der Waals surface area contributed by atoms with E-state index in [0.29, 0.717) is 29.6 Å². The highest BCUT2D eigenvalue weighted by molar-refractivity contribution is 7.87. The number of allylic oxidation sites excluding steroid dienone is 3. The molecule has 3 aliphatic rings. The van der Waals surface area contributed by atoms with Gasteiger partial charge in [-0.05, 0) is 36.3 Å². The highest BCUT2D eigenvalue weighted by Gasteiger charge is 2.29. The predicted octanol–water partition coefficient (Wildman–Crippen LogP) is 1.13. The van der Waals surface area contributed by atoms with Crippen molar-refractivity contribution in [3.63, 3.8) is 0 Å². The van der Waals surface area contributed by atoms with Crippen LogP contribution in [0.15, 0.2) is 64.3 Å². The minimum absolute atomic E-state index is 0.0377. The summed E-state index contributed by atoms with van der Waals surface area (Å²) in [6, 6.07) is 5.54. The molecule has 0 saturated carbocycles. The second-order valence-electron chi connectivity index (χ2n) is 7.37. The molecule has 0 aliphatic carbocycles. The first-order valence-electron chi connectivity index (χ1n) is 10.1. The standard InChI is InChI=1S/C21H24FN5O5S/c1-12-15-5-4-14(31-21-25-7-3-8-26-21)11-17(15)32-20(28)16(12)10-13-6-9-24-19(18(13)22)27-33(29,30)23-2/h3-7,11,20,23-24,27-28H,8-10H2,1-2H3,(H,25,26). The molecule has 12 heteroatoms. The maximum atomic E-state index is 15.0. The van der Waals surface area contributed by atoms with Gasteiger partial charge in [0, 0.05) is 50.0 Å². The molecule has 1 aromatic rings. The molecule has 0 fully saturated rings. The number of benzene rings is 1. The largest absolute Gasteiger partial charge is 0.460 e. The number of aliphatic imine (C=N–C) groups is 1. The molecule has 3 heterocycles. The number of hydrogen-bond acceptors (Lipinski definition) is 8. The molecular weight excluding hydrogens is 453 g/mol. The number of hydrogen-bond donors (Lipinski definition) is 5. The summed E-state index contributed by atoms with van der Waals surface area (Å²) in [4.78, 5) is 4.09. The van der Waals surface area contributed by atoms with Crippen molar-refractivity contribution in [3.05, 3.63) is 64.9 Å². The number of amidine groups is 1. The van der Waals surface area contributed by atoms with Crippen molar-refractivity contribution in [2.24, 2.45) is 4.99 Å². The van der Waals surface area contributed by atoms with Crippen molar-refractivity contribution in [2.75, 3.05) is 20.1 Å². The summed E-state index contributed by atoms with van der Waals surface area (Å²) in [5.41, 5.74) is 2.17. The third-order valence-electron chi connectivity index (χ3n) is 5.27. The van der Waals surface area contributed by atoms with Crippen LogP contribution in [0.25, 0.3) is 5.57 Å². The maximum absolute atomic E-state index is 15.0. The quantitative estimate of drug-likeness (QED) is 0.415. The van der Waals surface area contributed by atoms with Crippen LogP contribution >= 0.6 is 0 Å². The Hall–Kier alpha value is -3.35. The fourth-order valence-corrected chi connectivity index (χ4v) is 4.04. The normalized spacial score (nSPS) is 20.2. The van der Waals surface area contributed by atoms with Crippen LogP contribution < -0.4 is 29.6 Å². The minimum atomic E-state index is -3.89. The average molecular weight is 478 g/mol. The number of dihydropyridines is 1. The van der Waals surface area contributed by atoms with E-state index in [-0.39, 0.29) is 24.4 Å². The molecule has 0 radical (unpaired) electrons. The molecule has 1 atom stereocenters. The highest BCUT2D eigenvalue weighted by atomic mass is 32.2. The third-order valence-corrected chi connectivity index (χ3v) is 6.28. The fraction of sp³-hybridized carbons (Fsp3) is 0.286. The summed E-state index contributed by atoms with van der Waals surface area (Å²) in [6.07, 6.45) is 3.82. The number of halogens is 1. The van der Waals surface area contributed by atoms with Gasteiger partial charge in [-0.25, -0.2) is 14.1 Å². The fourth-order valence-electron chi connectivity index (χ4n) is 3.51. The highest BCUT2D eigenvalue weighted by Crippen LogP contribution is 2.40. The van der Waals surface area contributed by atoms with Gasteiger partial charge in [0.1, 0.15) is 11.5 Å². The maximum Gasteiger partial charge on any atom is 0.300 e. The summed E-state index contributed by atoms with van der Waals surface area (Å²) in [7, 11) is -2.67. The van der Waals surface area contributed by atoms with E-state index < -0.39 is 22.3 Å². The number of aliphatic hydroxyl groups excluding tert-OH is 1. The van der Waals surface area contributed by atoms with Crippen LogP contribution in [0, 0.1) is 0 Å². The molecule has 0 spiro atoms. The first-order chi connectivity index (χ1) is 15.8. The Morgan fingerprint density at radius 1 is 1.33 bits per heavy atom. The zero-order valence-corrected chi connectivity index (χ0v) is 18.8. The van der Waals surface area contributed by atoms with E-state index in [1.54, 1.807) is 30.5 Å². The Kier molecular flexibility index (Phi) is 6.40.